The Hall–Kier alpha value is -3.29. The van der Waals surface area contributed by atoms with Gasteiger partial charge in [0.05, 0.1) is 21.3 Å². The van der Waals surface area contributed by atoms with E-state index in [2.05, 4.69) is 0 Å². The number of piperazine rings is 1. The minimum Gasteiger partial charge on any atom is -0.493 e. The van der Waals surface area contributed by atoms with Crippen molar-refractivity contribution < 1.29 is 28.2 Å². The van der Waals surface area contributed by atoms with Gasteiger partial charge in [0.2, 0.25) is 5.75 Å². The number of hydrogen-bond acceptors (Lipinski definition) is 5. The molecule has 0 radical (unpaired) electrons. The molecule has 0 aliphatic carbocycles. The highest BCUT2D eigenvalue weighted by atomic mass is 19.1. The molecule has 1 heterocycles. The molecule has 0 aromatic heterocycles. The number of amides is 2. The number of ether oxygens (including phenoxy) is 3. The standard InChI is InChI=1S/C21H23FN2O5/c1-27-17-12-15(13-18(28-2)19(17)29-3)21(26)24-9-7-23(8-10-24)20(25)14-5-4-6-16(22)11-14/h4-6,11-13H,7-10H2,1-3H3. The first kappa shape index (κ1) is 20.4. The maximum atomic E-state index is 13.4. The van der Waals surface area contributed by atoms with Crippen molar-refractivity contribution in [3.05, 3.63) is 53.3 Å². The summed E-state index contributed by atoms with van der Waals surface area (Å²) in [6.45, 7) is 1.48. The van der Waals surface area contributed by atoms with Gasteiger partial charge in [-0.05, 0) is 30.3 Å². The second kappa shape index (κ2) is 8.81. The van der Waals surface area contributed by atoms with E-state index in [0.717, 1.165) is 0 Å². The Labute approximate surface area is 168 Å². The molecule has 1 saturated heterocycles. The lowest BCUT2D eigenvalue weighted by Gasteiger charge is -2.35. The average Bonchev–Trinajstić information content (AvgIpc) is 2.77. The summed E-state index contributed by atoms with van der Waals surface area (Å²) in [5.74, 6) is 0.320. The highest BCUT2D eigenvalue weighted by Crippen LogP contribution is 2.38. The molecule has 2 amide bonds. The molecule has 2 aromatic rings. The molecule has 0 bridgehead atoms. The molecule has 0 unspecified atom stereocenters. The highest BCUT2D eigenvalue weighted by Gasteiger charge is 2.27. The number of halogens is 1. The first-order chi connectivity index (χ1) is 14.0. The largest absolute Gasteiger partial charge is 0.493 e. The maximum absolute atomic E-state index is 13.4. The molecule has 1 aliphatic heterocycles. The van der Waals surface area contributed by atoms with Gasteiger partial charge in [0, 0.05) is 37.3 Å². The lowest BCUT2D eigenvalue weighted by Crippen LogP contribution is -2.50. The molecule has 7 nitrogen and oxygen atoms in total. The van der Waals surface area contributed by atoms with Crippen molar-refractivity contribution in [2.24, 2.45) is 0 Å². The van der Waals surface area contributed by atoms with Crippen molar-refractivity contribution in [1.82, 2.24) is 9.80 Å². The van der Waals surface area contributed by atoms with Gasteiger partial charge in [0.15, 0.2) is 11.5 Å². The quantitative estimate of drug-likeness (QED) is 0.769. The third kappa shape index (κ3) is 4.26. The Balaban J connectivity index is 1.71. The van der Waals surface area contributed by atoms with Gasteiger partial charge < -0.3 is 24.0 Å². The molecule has 3 rings (SSSR count). The number of hydrogen-bond donors (Lipinski definition) is 0. The van der Waals surface area contributed by atoms with Crippen molar-refractivity contribution in [1.29, 1.82) is 0 Å². The molecule has 29 heavy (non-hydrogen) atoms. The Morgan fingerprint density at radius 3 is 1.76 bits per heavy atom. The Kier molecular flexibility index (Phi) is 6.21. The zero-order chi connectivity index (χ0) is 21.0. The SMILES string of the molecule is COc1cc(C(=O)N2CCN(C(=O)c3cccc(F)c3)CC2)cc(OC)c1OC. The van der Waals surface area contributed by atoms with E-state index >= 15 is 0 Å². The second-order valence-electron chi connectivity index (χ2n) is 6.51. The smallest absolute Gasteiger partial charge is 0.254 e. The van der Waals surface area contributed by atoms with Gasteiger partial charge in [-0.15, -0.1) is 0 Å². The van der Waals surface area contributed by atoms with Crippen LogP contribution in [0.25, 0.3) is 0 Å². The summed E-state index contributed by atoms with van der Waals surface area (Å²) in [5, 5.41) is 0. The zero-order valence-electron chi connectivity index (χ0n) is 16.6. The van der Waals surface area contributed by atoms with Crippen LogP contribution in [0.2, 0.25) is 0 Å². The summed E-state index contributed by atoms with van der Waals surface area (Å²) in [6, 6.07) is 8.81. The first-order valence-electron chi connectivity index (χ1n) is 9.12. The molecular weight excluding hydrogens is 379 g/mol. The van der Waals surface area contributed by atoms with Crippen LogP contribution in [0.15, 0.2) is 36.4 Å². The van der Waals surface area contributed by atoms with Crippen LogP contribution in [0.4, 0.5) is 4.39 Å². The molecule has 154 valence electrons. The lowest BCUT2D eigenvalue weighted by atomic mass is 10.1. The van der Waals surface area contributed by atoms with E-state index < -0.39 is 5.82 Å². The summed E-state index contributed by atoms with van der Waals surface area (Å²) in [4.78, 5) is 28.8. The van der Waals surface area contributed by atoms with E-state index in [1.807, 2.05) is 0 Å². The molecule has 8 heteroatoms. The van der Waals surface area contributed by atoms with Gasteiger partial charge in [-0.1, -0.05) is 6.07 Å². The minimum atomic E-state index is -0.452. The summed E-state index contributed by atoms with van der Waals surface area (Å²) in [7, 11) is 4.47. The number of rotatable bonds is 5. The fourth-order valence-electron chi connectivity index (χ4n) is 3.30. The van der Waals surface area contributed by atoms with Crippen LogP contribution in [0.5, 0.6) is 17.2 Å². The Morgan fingerprint density at radius 1 is 0.793 bits per heavy atom. The molecule has 0 N–H and O–H groups in total. The van der Waals surface area contributed by atoms with E-state index in [-0.39, 0.29) is 11.8 Å². The first-order valence-corrected chi connectivity index (χ1v) is 9.12. The van der Waals surface area contributed by atoms with Crippen molar-refractivity contribution in [2.45, 2.75) is 0 Å². The summed E-state index contributed by atoms with van der Waals surface area (Å²) in [5.41, 5.74) is 0.707. The monoisotopic (exact) mass is 402 g/mol. The molecule has 0 saturated carbocycles. The Morgan fingerprint density at radius 2 is 1.31 bits per heavy atom. The number of nitrogens with zero attached hydrogens (tertiary/aromatic N) is 2. The summed E-state index contributed by atoms with van der Waals surface area (Å²) in [6.07, 6.45) is 0. The Bertz CT molecular complexity index is 885. The number of carbonyl (C=O) groups excluding carboxylic acids is 2. The fourth-order valence-corrected chi connectivity index (χ4v) is 3.30. The molecule has 0 spiro atoms. The van der Waals surface area contributed by atoms with E-state index in [9.17, 15) is 14.0 Å². The second-order valence-corrected chi connectivity index (χ2v) is 6.51. The maximum Gasteiger partial charge on any atom is 0.254 e. The van der Waals surface area contributed by atoms with Crippen LogP contribution < -0.4 is 14.2 Å². The third-order valence-electron chi connectivity index (χ3n) is 4.84. The van der Waals surface area contributed by atoms with Gasteiger partial charge in [-0.3, -0.25) is 9.59 Å². The van der Waals surface area contributed by atoms with Crippen LogP contribution in [-0.4, -0.2) is 69.1 Å². The predicted octanol–water partition coefficient (Wildman–Crippen LogP) is 2.45. The lowest BCUT2D eigenvalue weighted by molar-refractivity contribution is 0.0535. The van der Waals surface area contributed by atoms with Gasteiger partial charge in [0.1, 0.15) is 5.82 Å². The topological polar surface area (TPSA) is 68.3 Å². The van der Waals surface area contributed by atoms with Crippen LogP contribution in [0.1, 0.15) is 20.7 Å². The van der Waals surface area contributed by atoms with Gasteiger partial charge in [0.25, 0.3) is 11.8 Å². The van der Waals surface area contributed by atoms with E-state index in [0.29, 0.717) is 54.6 Å². The fraction of sp³-hybridized carbons (Fsp3) is 0.333. The minimum absolute atomic E-state index is 0.192. The molecule has 0 atom stereocenters. The molecular formula is C21H23FN2O5. The van der Waals surface area contributed by atoms with Gasteiger partial charge in [-0.25, -0.2) is 4.39 Å². The normalized spacial score (nSPS) is 13.8. The van der Waals surface area contributed by atoms with E-state index in [1.165, 1.54) is 39.5 Å². The van der Waals surface area contributed by atoms with Crippen molar-refractivity contribution >= 4 is 11.8 Å². The van der Waals surface area contributed by atoms with Crippen molar-refractivity contribution in [3.63, 3.8) is 0 Å². The molecule has 1 aliphatic rings. The van der Waals surface area contributed by atoms with Crippen molar-refractivity contribution in [2.75, 3.05) is 47.5 Å². The average molecular weight is 402 g/mol. The van der Waals surface area contributed by atoms with Gasteiger partial charge >= 0.3 is 0 Å². The molecule has 1 fully saturated rings. The number of benzene rings is 2. The summed E-state index contributed by atoms with van der Waals surface area (Å²) < 4.78 is 29.3. The predicted molar refractivity (Wildman–Crippen MR) is 104 cm³/mol. The number of methoxy groups -OCH3 is 3. The van der Waals surface area contributed by atoms with E-state index in [1.54, 1.807) is 28.0 Å². The van der Waals surface area contributed by atoms with Crippen molar-refractivity contribution in [3.8, 4) is 17.2 Å². The van der Waals surface area contributed by atoms with E-state index in [4.69, 9.17) is 14.2 Å². The van der Waals surface area contributed by atoms with Crippen LogP contribution in [-0.2, 0) is 0 Å². The number of carbonyl (C=O) groups is 2. The van der Waals surface area contributed by atoms with Crippen LogP contribution in [0.3, 0.4) is 0 Å². The van der Waals surface area contributed by atoms with Crippen LogP contribution >= 0.6 is 0 Å². The van der Waals surface area contributed by atoms with Gasteiger partial charge in [-0.2, -0.15) is 0 Å². The zero-order valence-corrected chi connectivity index (χ0v) is 16.6. The van der Waals surface area contributed by atoms with Crippen LogP contribution in [0, 0.1) is 5.82 Å². The molecule has 2 aromatic carbocycles. The summed E-state index contributed by atoms with van der Waals surface area (Å²) >= 11 is 0. The third-order valence-corrected chi connectivity index (χ3v) is 4.84. The highest BCUT2D eigenvalue weighted by molar-refractivity contribution is 5.97.